The molecule has 0 saturated heterocycles. The van der Waals surface area contributed by atoms with Crippen molar-refractivity contribution in [3.8, 4) is 22.8 Å². The lowest BCUT2D eigenvalue weighted by molar-refractivity contribution is -0.137. The van der Waals surface area contributed by atoms with Gasteiger partial charge in [0.2, 0.25) is 5.82 Å². The molecule has 0 amide bonds. The van der Waals surface area contributed by atoms with Crippen molar-refractivity contribution >= 4 is 16.9 Å². The largest absolute Gasteiger partial charge is 0.481 e. The van der Waals surface area contributed by atoms with Crippen LogP contribution < -0.4 is 0 Å². The number of fused-ring (bicyclic) bond motifs is 3. The molecular weight excluding hydrogens is 356 g/mol. The van der Waals surface area contributed by atoms with E-state index in [0.717, 1.165) is 46.3 Å². The SMILES string of the molecule is Cc1ccncc1-c1nc(-c2ccc3c(c2)cc2n3CC[C@@H]2CC(=O)O)no1. The smallest absolute Gasteiger partial charge is 0.304 e. The molecule has 7 nitrogen and oxygen atoms in total. The molecule has 0 unspecified atom stereocenters. The fraction of sp³-hybridized carbons (Fsp3) is 0.238. The van der Waals surface area contributed by atoms with E-state index in [1.807, 2.05) is 31.2 Å². The molecule has 4 aromatic rings. The van der Waals surface area contributed by atoms with Crippen molar-refractivity contribution in [3.05, 3.63) is 54.0 Å². The molecule has 0 spiro atoms. The predicted octanol–water partition coefficient (Wildman–Crippen LogP) is 4.02. The molecule has 4 heterocycles. The number of carboxylic acid groups (broad SMARTS) is 1. The van der Waals surface area contributed by atoms with Crippen LogP contribution >= 0.6 is 0 Å². The zero-order valence-corrected chi connectivity index (χ0v) is 15.3. The third-order valence-electron chi connectivity index (χ3n) is 5.43. The lowest BCUT2D eigenvalue weighted by Crippen LogP contribution is -2.02. The van der Waals surface area contributed by atoms with Gasteiger partial charge in [-0.1, -0.05) is 5.16 Å². The molecule has 0 bridgehead atoms. The highest BCUT2D eigenvalue weighted by Crippen LogP contribution is 2.37. The van der Waals surface area contributed by atoms with Crippen molar-refractivity contribution in [2.24, 2.45) is 0 Å². The van der Waals surface area contributed by atoms with Gasteiger partial charge in [-0.25, -0.2) is 0 Å². The van der Waals surface area contributed by atoms with Crippen molar-refractivity contribution in [3.63, 3.8) is 0 Å². The van der Waals surface area contributed by atoms with E-state index in [1.165, 1.54) is 0 Å². The molecule has 140 valence electrons. The summed E-state index contributed by atoms with van der Waals surface area (Å²) in [6, 6.07) is 10.0. The van der Waals surface area contributed by atoms with Crippen LogP contribution in [0.4, 0.5) is 0 Å². The van der Waals surface area contributed by atoms with Gasteiger partial charge in [0.05, 0.1) is 12.0 Å². The first-order chi connectivity index (χ1) is 13.6. The summed E-state index contributed by atoms with van der Waals surface area (Å²) >= 11 is 0. The molecule has 1 aliphatic heterocycles. The molecule has 0 saturated carbocycles. The average Bonchev–Trinajstić information content (AvgIpc) is 3.38. The Bertz CT molecular complexity index is 1210. The number of carboxylic acids is 1. The molecule has 7 heteroatoms. The summed E-state index contributed by atoms with van der Waals surface area (Å²) in [5.74, 6) is 0.281. The lowest BCUT2D eigenvalue weighted by Gasteiger charge is -2.04. The van der Waals surface area contributed by atoms with E-state index in [9.17, 15) is 4.79 Å². The second kappa shape index (κ2) is 6.30. The van der Waals surface area contributed by atoms with Crippen LogP contribution in [0.3, 0.4) is 0 Å². The van der Waals surface area contributed by atoms with Crippen LogP contribution in [0.5, 0.6) is 0 Å². The number of carbonyl (C=O) groups is 1. The molecule has 1 N–H and O–H groups in total. The summed E-state index contributed by atoms with van der Waals surface area (Å²) in [7, 11) is 0. The monoisotopic (exact) mass is 374 g/mol. The molecule has 28 heavy (non-hydrogen) atoms. The van der Waals surface area contributed by atoms with Crippen molar-refractivity contribution in [2.75, 3.05) is 0 Å². The maximum atomic E-state index is 11.1. The van der Waals surface area contributed by atoms with E-state index in [4.69, 9.17) is 9.63 Å². The molecule has 1 atom stereocenters. The number of aliphatic carboxylic acids is 1. The Kier molecular flexibility index (Phi) is 3.75. The summed E-state index contributed by atoms with van der Waals surface area (Å²) in [6.07, 6.45) is 4.49. The Balaban J connectivity index is 1.51. The van der Waals surface area contributed by atoms with Crippen LogP contribution in [0, 0.1) is 6.92 Å². The Morgan fingerprint density at radius 2 is 2.21 bits per heavy atom. The number of benzene rings is 1. The number of hydrogen-bond acceptors (Lipinski definition) is 5. The Hall–Kier alpha value is -3.48. The van der Waals surface area contributed by atoms with Gasteiger partial charge in [-0.15, -0.1) is 0 Å². The highest BCUT2D eigenvalue weighted by atomic mass is 16.5. The molecule has 0 radical (unpaired) electrons. The highest BCUT2D eigenvalue weighted by Gasteiger charge is 2.27. The van der Waals surface area contributed by atoms with Gasteiger partial charge in [-0.2, -0.15) is 4.98 Å². The Labute approximate surface area is 160 Å². The first kappa shape index (κ1) is 16.7. The third kappa shape index (κ3) is 2.67. The minimum Gasteiger partial charge on any atom is -0.481 e. The number of pyridine rings is 1. The van der Waals surface area contributed by atoms with E-state index in [0.29, 0.717) is 11.7 Å². The molecule has 1 aromatic carbocycles. The van der Waals surface area contributed by atoms with Gasteiger partial charge in [0, 0.05) is 47.0 Å². The van der Waals surface area contributed by atoms with Gasteiger partial charge in [-0.3, -0.25) is 9.78 Å². The van der Waals surface area contributed by atoms with E-state index in [2.05, 4.69) is 25.8 Å². The van der Waals surface area contributed by atoms with Crippen molar-refractivity contribution < 1.29 is 14.4 Å². The maximum Gasteiger partial charge on any atom is 0.304 e. The van der Waals surface area contributed by atoms with Crippen LogP contribution in [0.2, 0.25) is 0 Å². The zero-order chi connectivity index (χ0) is 19.3. The Morgan fingerprint density at radius 1 is 1.32 bits per heavy atom. The summed E-state index contributed by atoms with van der Waals surface area (Å²) in [6.45, 7) is 2.83. The van der Waals surface area contributed by atoms with Gasteiger partial charge in [0.1, 0.15) is 0 Å². The minimum atomic E-state index is -0.755. The lowest BCUT2D eigenvalue weighted by atomic mass is 10.0. The zero-order valence-electron chi connectivity index (χ0n) is 15.3. The summed E-state index contributed by atoms with van der Waals surface area (Å²) in [5, 5.41) is 14.3. The molecule has 5 rings (SSSR count). The van der Waals surface area contributed by atoms with Gasteiger partial charge in [0.15, 0.2) is 0 Å². The van der Waals surface area contributed by atoms with Crippen molar-refractivity contribution in [1.82, 2.24) is 19.7 Å². The van der Waals surface area contributed by atoms with Crippen molar-refractivity contribution in [2.45, 2.75) is 32.2 Å². The van der Waals surface area contributed by atoms with E-state index >= 15 is 0 Å². The average molecular weight is 374 g/mol. The molecular formula is C21H18N4O3. The van der Waals surface area contributed by atoms with Gasteiger partial charge in [-0.05, 0) is 49.2 Å². The van der Waals surface area contributed by atoms with Gasteiger partial charge < -0.3 is 14.2 Å². The van der Waals surface area contributed by atoms with Crippen LogP contribution in [0.15, 0.2) is 47.2 Å². The highest BCUT2D eigenvalue weighted by molar-refractivity contribution is 5.86. The van der Waals surface area contributed by atoms with E-state index in [1.54, 1.807) is 12.4 Å². The number of nitrogens with zero attached hydrogens (tertiary/aromatic N) is 4. The van der Waals surface area contributed by atoms with Gasteiger partial charge in [0.25, 0.3) is 5.89 Å². The fourth-order valence-corrected chi connectivity index (χ4v) is 4.01. The van der Waals surface area contributed by atoms with Crippen molar-refractivity contribution in [1.29, 1.82) is 0 Å². The number of aryl methyl sites for hydroxylation is 2. The summed E-state index contributed by atoms with van der Waals surface area (Å²) < 4.78 is 7.66. The number of rotatable bonds is 4. The molecule has 0 fully saturated rings. The topological polar surface area (TPSA) is 94.0 Å². The maximum absolute atomic E-state index is 11.1. The summed E-state index contributed by atoms with van der Waals surface area (Å²) in [4.78, 5) is 19.8. The summed E-state index contributed by atoms with van der Waals surface area (Å²) in [5.41, 5.74) is 4.91. The van der Waals surface area contributed by atoms with E-state index < -0.39 is 5.97 Å². The standard InChI is InChI=1S/C21H18N4O3/c1-12-4-6-22-11-16(12)21-23-20(24-28-21)14-2-3-17-15(8-14)9-18-13(10-19(26)27)5-7-25(17)18/h2-4,6,8-9,11,13H,5,7,10H2,1H3,(H,26,27)/t13-/m1/s1. The second-order valence-electron chi connectivity index (χ2n) is 7.19. The molecule has 1 aliphatic rings. The number of aromatic nitrogens is 4. The van der Waals surface area contributed by atoms with Crippen LogP contribution in [0.1, 0.15) is 30.0 Å². The predicted molar refractivity (Wildman–Crippen MR) is 103 cm³/mol. The quantitative estimate of drug-likeness (QED) is 0.580. The normalized spacial score (nSPS) is 15.8. The van der Waals surface area contributed by atoms with Crippen LogP contribution in [0.25, 0.3) is 33.7 Å². The first-order valence-corrected chi connectivity index (χ1v) is 9.20. The minimum absolute atomic E-state index is 0.0682. The first-order valence-electron chi connectivity index (χ1n) is 9.20. The third-order valence-corrected chi connectivity index (χ3v) is 5.43. The molecule has 0 aliphatic carbocycles. The van der Waals surface area contributed by atoms with Crippen LogP contribution in [-0.4, -0.2) is 30.8 Å². The van der Waals surface area contributed by atoms with E-state index in [-0.39, 0.29) is 12.3 Å². The number of hydrogen-bond donors (Lipinski definition) is 1. The van der Waals surface area contributed by atoms with Crippen LogP contribution in [-0.2, 0) is 11.3 Å². The fourth-order valence-electron chi connectivity index (χ4n) is 4.01. The van der Waals surface area contributed by atoms with Gasteiger partial charge >= 0.3 is 5.97 Å². The second-order valence-corrected chi connectivity index (χ2v) is 7.19. The Morgan fingerprint density at radius 3 is 3.04 bits per heavy atom. The molecule has 3 aromatic heterocycles.